The summed E-state index contributed by atoms with van der Waals surface area (Å²) < 4.78 is 2.49. The van der Waals surface area contributed by atoms with Crippen LogP contribution >= 0.6 is 15.9 Å². The van der Waals surface area contributed by atoms with Crippen LogP contribution < -0.4 is 10.9 Å². The highest BCUT2D eigenvalue weighted by atomic mass is 79.9. The first-order chi connectivity index (χ1) is 10.1. The topological polar surface area (TPSA) is 46.9 Å². The maximum atomic E-state index is 12.3. The summed E-state index contributed by atoms with van der Waals surface area (Å²) >= 11 is 3.47. The van der Waals surface area contributed by atoms with Crippen LogP contribution in [-0.2, 0) is 6.67 Å². The molecule has 0 amide bonds. The van der Waals surface area contributed by atoms with Gasteiger partial charge in [0, 0.05) is 15.5 Å². The predicted octanol–water partition coefficient (Wildman–Crippen LogP) is 3.54. The lowest BCUT2D eigenvalue weighted by Crippen LogP contribution is -2.26. The molecule has 0 saturated heterocycles. The molecule has 2 aromatic carbocycles. The highest BCUT2D eigenvalue weighted by molar-refractivity contribution is 9.10. The summed E-state index contributed by atoms with van der Waals surface area (Å²) in [7, 11) is 0. The SMILES string of the molecule is Cc1cc(NCn2ncc3ccccc3c2=O)ccc1Br. The van der Waals surface area contributed by atoms with E-state index in [2.05, 4.69) is 26.3 Å². The molecule has 1 N–H and O–H groups in total. The minimum absolute atomic E-state index is 0.0885. The Kier molecular flexibility index (Phi) is 3.75. The molecule has 0 aliphatic carbocycles. The van der Waals surface area contributed by atoms with E-state index < -0.39 is 0 Å². The van der Waals surface area contributed by atoms with Gasteiger partial charge in [-0.3, -0.25) is 4.79 Å². The second kappa shape index (κ2) is 5.69. The number of aryl methyl sites for hydroxylation is 1. The van der Waals surface area contributed by atoms with E-state index in [-0.39, 0.29) is 5.56 Å². The number of rotatable bonds is 3. The summed E-state index contributed by atoms with van der Waals surface area (Å²) in [6.07, 6.45) is 1.71. The van der Waals surface area contributed by atoms with Gasteiger partial charge in [0.1, 0.15) is 6.67 Å². The summed E-state index contributed by atoms with van der Waals surface area (Å²) in [5.41, 5.74) is 2.01. The quantitative estimate of drug-likeness (QED) is 0.791. The van der Waals surface area contributed by atoms with Crippen molar-refractivity contribution in [2.75, 3.05) is 5.32 Å². The molecule has 0 bridgehead atoms. The zero-order valence-electron chi connectivity index (χ0n) is 11.5. The van der Waals surface area contributed by atoms with Crippen LogP contribution in [0.1, 0.15) is 5.56 Å². The molecule has 0 unspecified atom stereocenters. The molecular formula is C16H14BrN3O. The highest BCUT2D eigenvalue weighted by Crippen LogP contribution is 2.19. The van der Waals surface area contributed by atoms with E-state index in [4.69, 9.17) is 0 Å². The Bertz CT molecular complexity index is 858. The Morgan fingerprint density at radius 2 is 2.05 bits per heavy atom. The van der Waals surface area contributed by atoms with Gasteiger partial charge in [-0.05, 0) is 36.8 Å². The molecule has 4 nitrogen and oxygen atoms in total. The van der Waals surface area contributed by atoms with Crippen molar-refractivity contribution in [3.8, 4) is 0 Å². The van der Waals surface area contributed by atoms with Crippen LogP contribution in [0.4, 0.5) is 5.69 Å². The van der Waals surface area contributed by atoms with Crippen LogP contribution in [0, 0.1) is 6.92 Å². The van der Waals surface area contributed by atoms with Crippen LogP contribution in [0.3, 0.4) is 0 Å². The second-order valence-corrected chi connectivity index (χ2v) is 5.69. The summed E-state index contributed by atoms with van der Waals surface area (Å²) in [5, 5.41) is 8.95. The molecule has 0 aliphatic heterocycles. The molecule has 1 aromatic heterocycles. The Morgan fingerprint density at radius 3 is 2.86 bits per heavy atom. The Morgan fingerprint density at radius 1 is 1.24 bits per heavy atom. The summed E-state index contributed by atoms with van der Waals surface area (Å²) in [6.45, 7) is 2.36. The summed E-state index contributed by atoms with van der Waals surface area (Å²) in [4.78, 5) is 12.3. The van der Waals surface area contributed by atoms with Crippen molar-refractivity contribution in [3.63, 3.8) is 0 Å². The van der Waals surface area contributed by atoms with Crippen molar-refractivity contribution >= 4 is 32.4 Å². The van der Waals surface area contributed by atoms with E-state index in [9.17, 15) is 4.79 Å². The van der Waals surface area contributed by atoms with Gasteiger partial charge in [0.15, 0.2) is 0 Å². The van der Waals surface area contributed by atoms with Gasteiger partial charge >= 0.3 is 0 Å². The van der Waals surface area contributed by atoms with Crippen molar-refractivity contribution < 1.29 is 0 Å². The zero-order valence-corrected chi connectivity index (χ0v) is 13.1. The van der Waals surface area contributed by atoms with Gasteiger partial charge in [-0.25, -0.2) is 4.68 Å². The van der Waals surface area contributed by atoms with E-state index in [1.165, 1.54) is 4.68 Å². The second-order valence-electron chi connectivity index (χ2n) is 4.84. The first-order valence-corrected chi connectivity index (χ1v) is 7.39. The van der Waals surface area contributed by atoms with Crippen molar-refractivity contribution in [1.82, 2.24) is 9.78 Å². The third kappa shape index (κ3) is 2.83. The highest BCUT2D eigenvalue weighted by Gasteiger charge is 2.03. The van der Waals surface area contributed by atoms with Crippen molar-refractivity contribution in [3.05, 3.63) is 69.1 Å². The van der Waals surface area contributed by atoms with Gasteiger partial charge in [0.25, 0.3) is 5.56 Å². The molecular weight excluding hydrogens is 330 g/mol. The fraction of sp³-hybridized carbons (Fsp3) is 0.125. The lowest BCUT2D eigenvalue weighted by atomic mass is 10.2. The largest absolute Gasteiger partial charge is 0.366 e. The molecule has 0 aliphatic rings. The fourth-order valence-corrected chi connectivity index (χ4v) is 2.41. The van der Waals surface area contributed by atoms with E-state index in [0.29, 0.717) is 12.1 Å². The van der Waals surface area contributed by atoms with E-state index in [1.807, 2.05) is 49.4 Å². The number of anilines is 1. The van der Waals surface area contributed by atoms with Gasteiger partial charge in [0.05, 0.1) is 11.6 Å². The minimum atomic E-state index is -0.0885. The third-order valence-corrected chi connectivity index (χ3v) is 4.24. The van der Waals surface area contributed by atoms with Gasteiger partial charge < -0.3 is 5.32 Å². The Labute approximate surface area is 130 Å². The van der Waals surface area contributed by atoms with Gasteiger partial charge in [-0.2, -0.15) is 5.10 Å². The number of fused-ring (bicyclic) bond motifs is 1. The Balaban J connectivity index is 1.86. The number of nitrogens with zero attached hydrogens (tertiary/aromatic N) is 2. The molecule has 106 valence electrons. The lowest BCUT2D eigenvalue weighted by Gasteiger charge is -2.10. The van der Waals surface area contributed by atoms with Gasteiger partial charge in [-0.15, -0.1) is 0 Å². The van der Waals surface area contributed by atoms with Crippen LogP contribution in [0.2, 0.25) is 0 Å². The summed E-state index contributed by atoms with van der Waals surface area (Å²) in [6, 6.07) is 13.4. The minimum Gasteiger partial charge on any atom is -0.366 e. The average Bonchev–Trinajstić information content (AvgIpc) is 2.50. The zero-order chi connectivity index (χ0) is 14.8. The molecule has 5 heteroatoms. The van der Waals surface area contributed by atoms with E-state index in [0.717, 1.165) is 21.1 Å². The molecule has 0 saturated carbocycles. The number of benzene rings is 2. The molecule has 0 atom stereocenters. The maximum Gasteiger partial charge on any atom is 0.276 e. The first kappa shape index (κ1) is 13.8. The Hall–Kier alpha value is -2.14. The molecule has 0 radical (unpaired) electrons. The number of nitrogens with one attached hydrogen (secondary N) is 1. The van der Waals surface area contributed by atoms with E-state index in [1.54, 1.807) is 6.20 Å². The van der Waals surface area contributed by atoms with Crippen molar-refractivity contribution in [2.24, 2.45) is 0 Å². The van der Waals surface area contributed by atoms with Gasteiger partial charge in [0.2, 0.25) is 0 Å². The van der Waals surface area contributed by atoms with Crippen LogP contribution in [-0.4, -0.2) is 9.78 Å². The summed E-state index contributed by atoms with van der Waals surface area (Å²) in [5.74, 6) is 0. The average molecular weight is 344 g/mol. The first-order valence-electron chi connectivity index (χ1n) is 6.60. The molecule has 1 heterocycles. The normalized spacial score (nSPS) is 10.8. The van der Waals surface area contributed by atoms with Crippen LogP contribution in [0.15, 0.2) is 57.9 Å². The third-order valence-electron chi connectivity index (χ3n) is 3.35. The van der Waals surface area contributed by atoms with E-state index >= 15 is 0 Å². The van der Waals surface area contributed by atoms with Crippen LogP contribution in [0.5, 0.6) is 0 Å². The lowest BCUT2D eigenvalue weighted by molar-refractivity contribution is 0.632. The van der Waals surface area contributed by atoms with Gasteiger partial charge in [-0.1, -0.05) is 34.1 Å². The van der Waals surface area contributed by atoms with Crippen LogP contribution in [0.25, 0.3) is 10.8 Å². The number of hydrogen-bond donors (Lipinski definition) is 1. The smallest absolute Gasteiger partial charge is 0.276 e. The predicted molar refractivity (Wildman–Crippen MR) is 88.5 cm³/mol. The van der Waals surface area contributed by atoms with Crippen molar-refractivity contribution in [1.29, 1.82) is 0 Å². The molecule has 0 fully saturated rings. The number of halogens is 1. The molecule has 3 rings (SSSR count). The monoisotopic (exact) mass is 343 g/mol. The molecule has 21 heavy (non-hydrogen) atoms. The maximum absolute atomic E-state index is 12.3. The van der Waals surface area contributed by atoms with Crippen molar-refractivity contribution in [2.45, 2.75) is 13.6 Å². The molecule has 3 aromatic rings. The number of aromatic nitrogens is 2. The molecule has 0 spiro atoms. The number of hydrogen-bond acceptors (Lipinski definition) is 3. The fourth-order valence-electron chi connectivity index (χ4n) is 2.16. The standard InChI is InChI=1S/C16H14BrN3O/c1-11-8-13(6-7-15(11)17)18-10-20-16(21)14-5-3-2-4-12(14)9-19-20/h2-9,18H,10H2,1H3.